The Morgan fingerprint density at radius 2 is 1.81 bits per heavy atom. The molecular formula is C19H20ClN3O7S. The summed E-state index contributed by atoms with van der Waals surface area (Å²) in [5.41, 5.74) is -0.311. The van der Waals surface area contributed by atoms with Gasteiger partial charge in [0.2, 0.25) is 10.0 Å². The third-order valence-electron chi connectivity index (χ3n) is 4.04. The Bertz CT molecular complexity index is 1080. The van der Waals surface area contributed by atoms with Crippen LogP contribution in [0.2, 0.25) is 5.02 Å². The third-order valence-corrected chi connectivity index (χ3v) is 5.82. The van der Waals surface area contributed by atoms with Gasteiger partial charge in [-0.2, -0.15) is 4.72 Å². The Kier molecular flexibility index (Phi) is 8.08. The van der Waals surface area contributed by atoms with Crippen LogP contribution in [0.5, 0.6) is 0 Å². The standard InChI is InChI=1S/C19H20ClN3O7S/c1-12(2)18(22-31(28,29)14-6-4-3-5-7-14)19(25)30-11-17(24)21-16-10-13(23(26)27)8-9-15(16)20/h3-10,12,18,22H,11H2,1-2H3,(H,21,24)/t18-/m0/s1. The molecule has 2 aromatic rings. The second kappa shape index (κ2) is 10.3. The largest absolute Gasteiger partial charge is 0.454 e. The van der Waals surface area contributed by atoms with Crippen molar-refractivity contribution in [3.8, 4) is 0 Å². The number of esters is 1. The van der Waals surface area contributed by atoms with Crippen LogP contribution in [0.25, 0.3) is 0 Å². The number of nitro benzene ring substituents is 1. The van der Waals surface area contributed by atoms with E-state index in [9.17, 15) is 28.1 Å². The number of nitrogens with zero attached hydrogens (tertiary/aromatic N) is 1. The fourth-order valence-electron chi connectivity index (χ4n) is 2.43. The van der Waals surface area contributed by atoms with Crippen LogP contribution in [0, 0.1) is 16.0 Å². The summed E-state index contributed by atoms with van der Waals surface area (Å²) in [4.78, 5) is 34.7. The van der Waals surface area contributed by atoms with E-state index in [2.05, 4.69) is 10.0 Å². The lowest BCUT2D eigenvalue weighted by Crippen LogP contribution is -2.45. The van der Waals surface area contributed by atoms with Gasteiger partial charge in [0, 0.05) is 12.1 Å². The van der Waals surface area contributed by atoms with Crippen LogP contribution in [0.3, 0.4) is 0 Å². The van der Waals surface area contributed by atoms with Gasteiger partial charge in [-0.1, -0.05) is 43.6 Å². The summed E-state index contributed by atoms with van der Waals surface area (Å²) < 4.78 is 32.2. The van der Waals surface area contributed by atoms with E-state index in [0.29, 0.717) is 0 Å². The van der Waals surface area contributed by atoms with Crippen molar-refractivity contribution >= 4 is 44.9 Å². The fourth-order valence-corrected chi connectivity index (χ4v) is 3.95. The second-order valence-corrected chi connectivity index (χ2v) is 8.85. The van der Waals surface area contributed by atoms with Gasteiger partial charge in [-0.25, -0.2) is 8.42 Å². The van der Waals surface area contributed by atoms with Crippen molar-refractivity contribution < 1.29 is 27.7 Å². The summed E-state index contributed by atoms with van der Waals surface area (Å²) in [6.45, 7) is 2.49. The molecule has 0 saturated carbocycles. The number of benzene rings is 2. The van der Waals surface area contributed by atoms with Crippen LogP contribution in [0.4, 0.5) is 11.4 Å². The lowest BCUT2D eigenvalue weighted by molar-refractivity contribution is -0.384. The Morgan fingerprint density at radius 3 is 2.39 bits per heavy atom. The molecule has 0 saturated heterocycles. The number of nitrogens with one attached hydrogen (secondary N) is 2. The zero-order chi connectivity index (χ0) is 23.2. The van der Waals surface area contributed by atoms with Gasteiger partial charge < -0.3 is 10.1 Å². The highest BCUT2D eigenvalue weighted by molar-refractivity contribution is 7.89. The number of carbonyl (C=O) groups is 2. The monoisotopic (exact) mass is 469 g/mol. The highest BCUT2D eigenvalue weighted by atomic mass is 35.5. The topological polar surface area (TPSA) is 145 Å². The second-order valence-electron chi connectivity index (χ2n) is 6.73. The minimum absolute atomic E-state index is 0.0218. The minimum atomic E-state index is -3.99. The van der Waals surface area contributed by atoms with Crippen LogP contribution in [-0.2, 0) is 24.3 Å². The highest BCUT2D eigenvalue weighted by Crippen LogP contribution is 2.26. The van der Waals surface area contributed by atoms with E-state index in [1.165, 1.54) is 24.3 Å². The number of anilines is 1. The van der Waals surface area contributed by atoms with Gasteiger partial charge in [-0.3, -0.25) is 19.7 Å². The Morgan fingerprint density at radius 1 is 1.16 bits per heavy atom. The fraction of sp³-hybridized carbons (Fsp3) is 0.263. The number of halogens is 1. The summed E-state index contributed by atoms with van der Waals surface area (Å²) >= 11 is 5.91. The van der Waals surface area contributed by atoms with Crippen LogP contribution in [0.15, 0.2) is 53.4 Å². The molecule has 0 radical (unpaired) electrons. The molecule has 10 nitrogen and oxygen atoms in total. The zero-order valence-corrected chi connectivity index (χ0v) is 18.1. The number of sulfonamides is 1. The first-order chi connectivity index (χ1) is 14.5. The molecule has 0 spiro atoms. The first-order valence-corrected chi connectivity index (χ1v) is 10.8. The Balaban J connectivity index is 2.03. The highest BCUT2D eigenvalue weighted by Gasteiger charge is 2.30. The average Bonchev–Trinajstić information content (AvgIpc) is 2.72. The van der Waals surface area contributed by atoms with Crippen molar-refractivity contribution in [2.24, 2.45) is 5.92 Å². The molecule has 2 N–H and O–H groups in total. The van der Waals surface area contributed by atoms with Crippen molar-refractivity contribution in [3.05, 3.63) is 63.7 Å². The molecule has 0 aliphatic carbocycles. The number of amides is 1. The molecule has 0 heterocycles. The minimum Gasteiger partial charge on any atom is -0.454 e. The van der Waals surface area contributed by atoms with Gasteiger partial charge >= 0.3 is 5.97 Å². The maximum absolute atomic E-state index is 12.5. The zero-order valence-electron chi connectivity index (χ0n) is 16.6. The third kappa shape index (κ3) is 6.74. The molecule has 0 aliphatic heterocycles. The van der Waals surface area contributed by atoms with Gasteiger partial charge in [0.05, 0.1) is 20.5 Å². The number of nitro groups is 1. The molecule has 2 rings (SSSR count). The first-order valence-electron chi connectivity index (χ1n) is 8.99. The van der Waals surface area contributed by atoms with E-state index in [1.807, 2.05) is 0 Å². The first kappa shape index (κ1) is 24.3. The molecule has 0 aromatic heterocycles. The lowest BCUT2D eigenvalue weighted by atomic mass is 10.1. The van der Waals surface area contributed by atoms with Gasteiger partial charge in [0.1, 0.15) is 6.04 Å². The van der Waals surface area contributed by atoms with Gasteiger partial charge in [0.15, 0.2) is 6.61 Å². The smallest absolute Gasteiger partial charge is 0.324 e. The molecule has 0 aliphatic rings. The number of rotatable bonds is 9. The number of hydrogen-bond donors (Lipinski definition) is 2. The molecule has 2 aromatic carbocycles. The van der Waals surface area contributed by atoms with Gasteiger partial charge in [-0.05, 0) is 24.1 Å². The van der Waals surface area contributed by atoms with Crippen LogP contribution in [-0.4, -0.2) is 37.9 Å². The van der Waals surface area contributed by atoms with Crippen LogP contribution in [0.1, 0.15) is 13.8 Å². The number of hydrogen-bond acceptors (Lipinski definition) is 7. The van der Waals surface area contributed by atoms with Gasteiger partial charge in [0.25, 0.3) is 11.6 Å². The van der Waals surface area contributed by atoms with Crippen molar-refractivity contribution in [3.63, 3.8) is 0 Å². The SMILES string of the molecule is CC(C)[C@H](NS(=O)(=O)c1ccccc1)C(=O)OCC(=O)Nc1cc([N+](=O)[O-])ccc1Cl. The summed E-state index contributed by atoms with van der Waals surface area (Å²) in [7, 11) is -3.99. The van der Waals surface area contributed by atoms with E-state index < -0.39 is 45.4 Å². The molecule has 1 atom stereocenters. The summed E-state index contributed by atoms with van der Waals surface area (Å²) in [5, 5.41) is 13.2. The molecule has 31 heavy (non-hydrogen) atoms. The van der Waals surface area contributed by atoms with E-state index >= 15 is 0 Å². The van der Waals surface area contributed by atoms with E-state index in [-0.39, 0.29) is 21.3 Å². The van der Waals surface area contributed by atoms with Crippen molar-refractivity contribution in [1.82, 2.24) is 4.72 Å². The maximum Gasteiger partial charge on any atom is 0.324 e. The van der Waals surface area contributed by atoms with Gasteiger partial charge in [-0.15, -0.1) is 0 Å². The van der Waals surface area contributed by atoms with E-state index in [1.54, 1.807) is 32.0 Å². The molecule has 0 unspecified atom stereocenters. The average molecular weight is 470 g/mol. The van der Waals surface area contributed by atoms with Crippen LogP contribution >= 0.6 is 11.6 Å². The summed E-state index contributed by atoms with van der Waals surface area (Å²) in [6, 6.07) is 9.73. The molecular weight excluding hydrogens is 450 g/mol. The predicted molar refractivity (Wildman–Crippen MR) is 113 cm³/mol. The van der Waals surface area contributed by atoms with Crippen molar-refractivity contribution in [1.29, 1.82) is 0 Å². The normalized spacial score (nSPS) is 12.3. The Labute approximate surface area is 183 Å². The van der Waals surface area contributed by atoms with E-state index in [4.69, 9.17) is 16.3 Å². The molecule has 1 amide bonds. The van der Waals surface area contributed by atoms with Crippen LogP contribution < -0.4 is 10.0 Å². The summed E-state index contributed by atoms with van der Waals surface area (Å²) in [5.74, 6) is -2.22. The summed E-state index contributed by atoms with van der Waals surface area (Å²) in [6.07, 6.45) is 0. The lowest BCUT2D eigenvalue weighted by Gasteiger charge is -2.20. The van der Waals surface area contributed by atoms with E-state index in [0.717, 1.165) is 6.07 Å². The maximum atomic E-state index is 12.5. The molecule has 0 fully saturated rings. The predicted octanol–water partition coefficient (Wildman–Crippen LogP) is 2.73. The van der Waals surface area contributed by atoms with Crippen molar-refractivity contribution in [2.75, 3.05) is 11.9 Å². The van der Waals surface area contributed by atoms with Crippen molar-refractivity contribution in [2.45, 2.75) is 24.8 Å². The quantitative estimate of drug-likeness (QED) is 0.326. The molecule has 12 heteroatoms. The number of carbonyl (C=O) groups excluding carboxylic acids is 2. The Hall–Kier alpha value is -3.02. The molecule has 0 bridgehead atoms. The number of ether oxygens (including phenoxy) is 1. The number of non-ortho nitro benzene ring substituents is 1. The molecule has 166 valence electrons.